The van der Waals surface area contributed by atoms with Gasteiger partial charge in [-0.15, -0.1) is 12.4 Å². The van der Waals surface area contributed by atoms with Gasteiger partial charge in [0.25, 0.3) is 0 Å². The molecule has 0 bridgehead atoms. The second kappa shape index (κ2) is 6.98. The molecule has 1 aliphatic heterocycles. The molecule has 0 spiro atoms. The molecule has 0 radical (unpaired) electrons. The lowest BCUT2D eigenvalue weighted by Gasteiger charge is -2.16. The lowest BCUT2D eigenvalue weighted by atomic mass is 10.2. The Kier molecular flexibility index (Phi) is 6.80. The van der Waals surface area contributed by atoms with Crippen LogP contribution in [0.4, 0.5) is 4.39 Å². The third kappa shape index (κ3) is 4.77. The summed E-state index contributed by atoms with van der Waals surface area (Å²) >= 11 is 0. The van der Waals surface area contributed by atoms with Gasteiger partial charge in [-0.2, -0.15) is 0 Å². The summed E-state index contributed by atoms with van der Waals surface area (Å²) < 4.78 is 17.6. The fourth-order valence-electron chi connectivity index (χ4n) is 1.53. The summed E-state index contributed by atoms with van der Waals surface area (Å²) in [6.45, 7) is 2.59. The third-order valence-electron chi connectivity index (χ3n) is 2.20. The highest BCUT2D eigenvalue weighted by Gasteiger charge is 2.29. The van der Waals surface area contributed by atoms with Crippen LogP contribution in [0.1, 0.15) is 13.3 Å². The van der Waals surface area contributed by atoms with E-state index in [1.807, 2.05) is 6.92 Å². The van der Waals surface area contributed by atoms with E-state index in [-0.39, 0.29) is 43.4 Å². The van der Waals surface area contributed by atoms with Gasteiger partial charge in [0, 0.05) is 26.1 Å². The van der Waals surface area contributed by atoms with Crippen LogP contribution < -0.4 is 10.6 Å². The molecule has 6 heteroatoms. The number of halogens is 2. The Hall–Kier alpha value is -0.390. The summed E-state index contributed by atoms with van der Waals surface area (Å²) in [5.41, 5.74) is 0. The number of carbonyl (C=O) groups is 1. The molecule has 0 unspecified atom stereocenters. The molecule has 0 aromatic carbocycles. The van der Waals surface area contributed by atoms with Crippen LogP contribution in [0, 0.1) is 0 Å². The number of rotatable bonds is 4. The van der Waals surface area contributed by atoms with Crippen LogP contribution in [0.15, 0.2) is 0 Å². The Morgan fingerprint density at radius 1 is 1.73 bits per heavy atom. The van der Waals surface area contributed by atoms with Crippen LogP contribution in [-0.2, 0) is 9.53 Å². The minimum atomic E-state index is -0.900. The van der Waals surface area contributed by atoms with Crippen molar-refractivity contribution in [1.82, 2.24) is 10.6 Å². The molecule has 2 N–H and O–H groups in total. The Balaban J connectivity index is 0.00000196. The van der Waals surface area contributed by atoms with Crippen molar-refractivity contribution < 1.29 is 13.9 Å². The first-order valence-corrected chi connectivity index (χ1v) is 4.80. The quantitative estimate of drug-likeness (QED) is 0.741. The summed E-state index contributed by atoms with van der Waals surface area (Å²) in [5, 5.41) is 5.58. The standard InChI is InChI=1S/C9H17FN2O2.ClH/c1-6(5-14-2)12-9(13)8-3-7(10)4-11-8;/h6-8,11H,3-5H2,1-2H3,(H,12,13);1H/t6-,7+,8-;/m1./s1. The summed E-state index contributed by atoms with van der Waals surface area (Å²) in [6.07, 6.45) is -0.630. The van der Waals surface area contributed by atoms with E-state index in [9.17, 15) is 9.18 Å². The van der Waals surface area contributed by atoms with E-state index in [2.05, 4.69) is 10.6 Å². The molecule has 15 heavy (non-hydrogen) atoms. The molecule has 0 saturated carbocycles. The van der Waals surface area contributed by atoms with E-state index in [4.69, 9.17) is 4.74 Å². The van der Waals surface area contributed by atoms with E-state index >= 15 is 0 Å². The molecule has 1 aliphatic rings. The van der Waals surface area contributed by atoms with Gasteiger partial charge in [0.1, 0.15) is 6.17 Å². The van der Waals surface area contributed by atoms with Gasteiger partial charge in [0.2, 0.25) is 5.91 Å². The van der Waals surface area contributed by atoms with Crippen LogP contribution in [0.2, 0.25) is 0 Å². The number of alkyl halides is 1. The van der Waals surface area contributed by atoms with Crippen molar-refractivity contribution in [2.24, 2.45) is 0 Å². The zero-order valence-corrected chi connectivity index (χ0v) is 9.77. The number of hydrogen-bond acceptors (Lipinski definition) is 3. The molecule has 1 heterocycles. The Bertz CT molecular complexity index is 207. The van der Waals surface area contributed by atoms with Crippen LogP contribution in [-0.4, -0.2) is 44.4 Å². The Labute approximate surface area is 95.3 Å². The molecule has 0 aromatic heterocycles. The van der Waals surface area contributed by atoms with Crippen molar-refractivity contribution in [2.75, 3.05) is 20.3 Å². The summed E-state index contributed by atoms with van der Waals surface area (Å²) in [4.78, 5) is 11.5. The van der Waals surface area contributed by atoms with Crippen molar-refractivity contribution >= 4 is 18.3 Å². The molecule has 3 atom stereocenters. The smallest absolute Gasteiger partial charge is 0.237 e. The fraction of sp³-hybridized carbons (Fsp3) is 0.889. The average Bonchev–Trinajstić information content (AvgIpc) is 2.52. The van der Waals surface area contributed by atoms with Gasteiger partial charge in [-0.05, 0) is 6.92 Å². The second-order valence-electron chi connectivity index (χ2n) is 3.66. The maximum Gasteiger partial charge on any atom is 0.237 e. The second-order valence-corrected chi connectivity index (χ2v) is 3.66. The molecule has 1 fully saturated rings. The molecule has 4 nitrogen and oxygen atoms in total. The molecular weight excluding hydrogens is 223 g/mol. The minimum Gasteiger partial charge on any atom is -0.383 e. The SMILES string of the molecule is COC[C@@H](C)NC(=O)[C@H]1C[C@H](F)CN1.Cl. The molecule has 1 amide bonds. The molecule has 1 rings (SSSR count). The lowest BCUT2D eigenvalue weighted by Crippen LogP contribution is -2.45. The van der Waals surface area contributed by atoms with Gasteiger partial charge in [-0.1, -0.05) is 0 Å². The molecule has 90 valence electrons. The largest absolute Gasteiger partial charge is 0.383 e. The van der Waals surface area contributed by atoms with Crippen molar-refractivity contribution in [3.63, 3.8) is 0 Å². The molecular formula is C9H18ClFN2O2. The maximum atomic E-state index is 12.8. The first-order chi connectivity index (χ1) is 6.63. The van der Waals surface area contributed by atoms with E-state index in [0.717, 1.165) is 0 Å². The number of nitrogens with one attached hydrogen (secondary N) is 2. The van der Waals surface area contributed by atoms with Crippen LogP contribution >= 0.6 is 12.4 Å². The van der Waals surface area contributed by atoms with Crippen LogP contribution in [0.25, 0.3) is 0 Å². The normalized spacial score (nSPS) is 26.9. The van der Waals surface area contributed by atoms with Gasteiger partial charge in [0.05, 0.1) is 12.6 Å². The highest BCUT2D eigenvalue weighted by Crippen LogP contribution is 2.09. The predicted molar refractivity (Wildman–Crippen MR) is 58.0 cm³/mol. The zero-order valence-electron chi connectivity index (χ0n) is 8.96. The van der Waals surface area contributed by atoms with Gasteiger partial charge in [0.15, 0.2) is 0 Å². The van der Waals surface area contributed by atoms with Gasteiger partial charge in [-0.25, -0.2) is 4.39 Å². The van der Waals surface area contributed by atoms with Gasteiger partial charge >= 0.3 is 0 Å². The number of ether oxygens (including phenoxy) is 1. The topological polar surface area (TPSA) is 50.4 Å². The number of hydrogen-bond donors (Lipinski definition) is 2. The van der Waals surface area contributed by atoms with Gasteiger partial charge < -0.3 is 15.4 Å². The zero-order chi connectivity index (χ0) is 10.6. The lowest BCUT2D eigenvalue weighted by molar-refractivity contribution is -0.123. The van der Waals surface area contributed by atoms with E-state index in [1.54, 1.807) is 7.11 Å². The fourth-order valence-corrected chi connectivity index (χ4v) is 1.53. The van der Waals surface area contributed by atoms with Crippen molar-refractivity contribution in [2.45, 2.75) is 31.6 Å². The minimum absolute atomic E-state index is 0. The highest BCUT2D eigenvalue weighted by molar-refractivity contribution is 5.85. The van der Waals surface area contributed by atoms with Crippen molar-refractivity contribution in [1.29, 1.82) is 0 Å². The van der Waals surface area contributed by atoms with Crippen molar-refractivity contribution in [3.8, 4) is 0 Å². The first kappa shape index (κ1) is 14.6. The Morgan fingerprint density at radius 3 is 2.87 bits per heavy atom. The maximum absolute atomic E-state index is 12.8. The Morgan fingerprint density at radius 2 is 2.40 bits per heavy atom. The monoisotopic (exact) mass is 240 g/mol. The van der Waals surface area contributed by atoms with Crippen molar-refractivity contribution in [3.05, 3.63) is 0 Å². The van der Waals surface area contributed by atoms with Crippen LogP contribution in [0.3, 0.4) is 0 Å². The third-order valence-corrected chi connectivity index (χ3v) is 2.20. The number of methoxy groups -OCH3 is 1. The highest BCUT2D eigenvalue weighted by atomic mass is 35.5. The predicted octanol–water partition coefficient (Wildman–Crippen LogP) is 0.259. The average molecular weight is 241 g/mol. The van der Waals surface area contributed by atoms with E-state index in [0.29, 0.717) is 6.61 Å². The number of amides is 1. The number of carbonyl (C=O) groups excluding carboxylic acids is 1. The van der Waals surface area contributed by atoms with Gasteiger partial charge in [-0.3, -0.25) is 4.79 Å². The van der Waals surface area contributed by atoms with E-state index < -0.39 is 6.17 Å². The summed E-state index contributed by atoms with van der Waals surface area (Å²) in [7, 11) is 1.58. The molecule has 0 aliphatic carbocycles. The van der Waals surface area contributed by atoms with E-state index in [1.165, 1.54) is 0 Å². The van der Waals surface area contributed by atoms with Crippen LogP contribution in [0.5, 0.6) is 0 Å². The first-order valence-electron chi connectivity index (χ1n) is 4.80. The molecule has 0 aromatic rings. The summed E-state index contributed by atoms with van der Waals surface area (Å²) in [6, 6.07) is -0.419. The summed E-state index contributed by atoms with van der Waals surface area (Å²) in [5.74, 6) is -0.144. The molecule has 1 saturated heterocycles.